The van der Waals surface area contributed by atoms with Crippen LogP contribution in [0, 0.1) is 5.92 Å². The van der Waals surface area contributed by atoms with Gasteiger partial charge in [0.25, 0.3) is 0 Å². The summed E-state index contributed by atoms with van der Waals surface area (Å²) in [5, 5.41) is 12.7. The number of aliphatic hydroxyl groups is 1. The topological polar surface area (TPSA) is 49.3 Å². The van der Waals surface area contributed by atoms with Gasteiger partial charge in [0.05, 0.1) is 6.10 Å². The van der Waals surface area contributed by atoms with Crippen LogP contribution in [0.25, 0.3) is 0 Å². The first-order valence-corrected chi connectivity index (χ1v) is 7.64. The van der Waals surface area contributed by atoms with Crippen molar-refractivity contribution in [3.8, 4) is 0 Å². The average Bonchev–Trinajstić information content (AvgIpc) is 2.87. The third-order valence-electron chi connectivity index (χ3n) is 4.50. The molecule has 0 aromatic heterocycles. The lowest BCUT2D eigenvalue weighted by Crippen LogP contribution is -2.35. The van der Waals surface area contributed by atoms with Gasteiger partial charge in [0.1, 0.15) is 0 Å². The average molecular weight is 275 g/mol. The van der Waals surface area contributed by atoms with Crippen molar-refractivity contribution < 1.29 is 9.90 Å². The van der Waals surface area contributed by atoms with Crippen molar-refractivity contribution in [1.82, 2.24) is 5.32 Å². The molecule has 0 spiro atoms. The minimum absolute atomic E-state index is 0.0501. The first-order valence-electron chi connectivity index (χ1n) is 7.64. The highest BCUT2D eigenvalue weighted by atomic mass is 16.3. The fraction of sp³-hybridized carbons (Fsp3) is 0.588. The van der Waals surface area contributed by atoms with E-state index in [1.54, 1.807) is 0 Å². The van der Waals surface area contributed by atoms with Gasteiger partial charge >= 0.3 is 0 Å². The predicted molar refractivity (Wildman–Crippen MR) is 80.6 cm³/mol. The summed E-state index contributed by atoms with van der Waals surface area (Å²) >= 11 is 0. The van der Waals surface area contributed by atoms with Gasteiger partial charge in [-0.25, -0.2) is 0 Å². The number of hydrogen-bond acceptors (Lipinski definition) is 2. The second-order valence-electron chi connectivity index (χ2n) is 5.90. The van der Waals surface area contributed by atoms with Crippen LogP contribution in [0.3, 0.4) is 0 Å². The van der Waals surface area contributed by atoms with E-state index in [0.29, 0.717) is 18.9 Å². The second-order valence-corrected chi connectivity index (χ2v) is 5.90. The maximum absolute atomic E-state index is 12.0. The second kappa shape index (κ2) is 6.89. The number of carbonyl (C=O) groups excluding carboxylic acids is 1. The van der Waals surface area contributed by atoms with Crippen LogP contribution in [-0.4, -0.2) is 23.7 Å². The minimum atomic E-state index is -0.445. The third kappa shape index (κ3) is 3.60. The molecule has 0 fully saturated rings. The Morgan fingerprint density at radius 2 is 2.20 bits per heavy atom. The van der Waals surface area contributed by atoms with E-state index in [0.717, 1.165) is 19.3 Å². The number of hydrogen-bond donors (Lipinski definition) is 2. The van der Waals surface area contributed by atoms with Crippen molar-refractivity contribution in [2.24, 2.45) is 5.92 Å². The van der Waals surface area contributed by atoms with Crippen LogP contribution in [-0.2, 0) is 11.2 Å². The smallest absolute Gasteiger partial charge is 0.220 e. The molecule has 0 heterocycles. The van der Waals surface area contributed by atoms with Crippen molar-refractivity contribution >= 4 is 5.91 Å². The van der Waals surface area contributed by atoms with Gasteiger partial charge < -0.3 is 10.4 Å². The molecule has 1 amide bonds. The highest BCUT2D eigenvalue weighted by Crippen LogP contribution is 2.34. The third-order valence-corrected chi connectivity index (χ3v) is 4.50. The Balaban J connectivity index is 1.81. The summed E-state index contributed by atoms with van der Waals surface area (Å²) in [5.74, 6) is 0.614. The predicted octanol–water partition coefficient (Wildman–Crippen LogP) is 2.63. The number of amides is 1. The van der Waals surface area contributed by atoms with Crippen LogP contribution in [0.4, 0.5) is 0 Å². The van der Waals surface area contributed by atoms with Gasteiger partial charge in [-0.1, -0.05) is 44.5 Å². The molecule has 20 heavy (non-hydrogen) atoms. The molecule has 3 atom stereocenters. The van der Waals surface area contributed by atoms with Crippen LogP contribution in [0.1, 0.15) is 50.2 Å². The summed E-state index contributed by atoms with van der Waals surface area (Å²) in [6.07, 6.45) is 3.14. The maximum atomic E-state index is 12.0. The van der Waals surface area contributed by atoms with Crippen LogP contribution in [0.15, 0.2) is 24.3 Å². The van der Waals surface area contributed by atoms with Crippen LogP contribution < -0.4 is 5.32 Å². The molecule has 2 N–H and O–H groups in total. The van der Waals surface area contributed by atoms with E-state index in [-0.39, 0.29) is 11.8 Å². The number of benzene rings is 1. The Morgan fingerprint density at radius 3 is 2.95 bits per heavy atom. The van der Waals surface area contributed by atoms with Gasteiger partial charge in [0.15, 0.2) is 0 Å². The lowest BCUT2D eigenvalue weighted by atomic mass is 9.97. The highest BCUT2D eigenvalue weighted by molar-refractivity contribution is 5.77. The maximum Gasteiger partial charge on any atom is 0.220 e. The van der Waals surface area contributed by atoms with Gasteiger partial charge in [0.2, 0.25) is 5.91 Å². The molecule has 0 aliphatic heterocycles. The molecular formula is C17H25NO2. The Bertz CT molecular complexity index is 458. The summed E-state index contributed by atoms with van der Waals surface area (Å²) in [6.45, 7) is 4.41. The van der Waals surface area contributed by atoms with Crippen molar-refractivity contribution in [1.29, 1.82) is 0 Å². The molecule has 3 unspecified atom stereocenters. The zero-order chi connectivity index (χ0) is 14.5. The largest absolute Gasteiger partial charge is 0.391 e. The summed E-state index contributed by atoms with van der Waals surface area (Å²) in [7, 11) is 0. The molecule has 1 aliphatic carbocycles. The van der Waals surface area contributed by atoms with E-state index in [9.17, 15) is 9.90 Å². The molecule has 0 bridgehead atoms. The Labute approximate surface area is 121 Å². The lowest BCUT2D eigenvalue weighted by molar-refractivity contribution is -0.122. The van der Waals surface area contributed by atoms with Crippen molar-refractivity contribution in [3.63, 3.8) is 0 Å². The molecule has 1 aliphatic rings. The van der Waals surface area contributed by atoms with Gasteiger partial charge in [-0.3, -0.25) is 4.79 Å². The number of rotatable bonds is 6. The number of aryl methyl sites for hydroxylation is 1. The van der Waals surface area contributed by atoms with Crippen molar-refractivity contribution in [2.45, 2.75) is 51.6 Å². The number of carbonyl (C=O) groups is 1. The van der Waals surface area contributed by atoms with E-state index in [2.05, 4.69) is 23.5 Å². The van der Waals surface area contributed by atoms with Crippen LogP contribution in [0.2, 0.25) is 0 Å². The molecule has 2 rings (SSSR count). The SMILES string of the molecule is CCC(C)C(O)CNC(=O)CC1CCc2ccccc21. The standard InChI is InChI=1S/C17H25NO2/c1-3-12(2)16(19)11-18-17(20)10-14-9-8-13-6-4-5-7-15(13)14/h4-7,12,14,16,19H,3,8-11H2,1-2H3,(H,18,20). The van der Waals surface area contributed by atoms with Crippen LogP contribution >= 0.6 is 0 Å². The molecule has 3 nitrogen and oxygen atoms in total. The van der Waals surface area contributed by atoms with E-state index < -0.39 is 6.10 Å². The van der Waals surface area contributed by atoms with E-state index >= 15 is 0 Å². The molecule has 1 aromatic rings. The van der Waals surface area contributed by atoms with E-state index in [1.807, 2.05) is 19.9 Å². The first-order chi connectivity index (χ1) is 9.61. The number of nitrogens with one attached hydrogen (secondary N) is 1. The lowest BCUT2D eigenvalue weighted by Gasteiger charge is -2.18. The van der Waals surface area contributed by atoms with Gasteiger partial charge in [-0.15, -0.1) is 0 Å². The molecular weight excluding hydrogens is 250 g/mol. The first kappa shape index (κ1) is 15.0. The fourth-order valence-electron chi connectivity index (χ4n) is 2.85. The molecule has 3 heteroatoms. The van der Waals surface area contributed by atoms with Crippen molar-refractivity contribution in [2.75, 3.05) is 6.54 Å². The van der Waals surface area contributed by atoms with Gasteiger partial charge in [-0.05, 0) is 35.8 Å². The monoisotopic (exact) mass is 275 g/mol. The Hall–Kier alpha value is -1.35. The zero-order valence-electron chi connectivity index (χ0n) is 12.4. The number of fused-ring (bicyclic) bond motifs is 1. The molecule has 0 radical (unpaired) electrons. The molecule has 110 valence electrons. The number of aliphatic hydroxyl groups excluding tert-OH is 1. The summed E-state index contributed by atoms with van der Waals surface area (Å²) in [5.41, 5.74) is 2.70. The van der Waals surface area contributed by atoms with E-state index in [1.165, 1.54) is 11.1 Å². The van der Waals surface area contributed by atoms with Crippen LogP contribution in [0.5, 0.6) is 0 Å². The summed E-state index contributed by atoms with van der Waals surface area (Å²) < 4.78 is 0. The summed E-state index contributed by atoms with van der Waals surface area (Å²) in [4.78, 5) is 12.0. The normalized spacial score (nSPS) is 20.2. The Kier molecular flexibility index (Phi) is 5.18. The van der Waals surface area contributed by atoms with Gasteiger partial charge in [-0.2, -0.15) is 0 Å². The van der Waals surface area contributed by atoms with Crippen molar-refractivity contribution in [3.05, 3.63) is 35.4 Å². The molecule has 0 saturated carbocycles. The fourth-order valence-corrected chi connectivity index (χ4v) is 2.85. The quantitative estimate of drug-likeness (QED) is 0.838. The van der Waals surface area contributed by atoms with E-state index in [4.69, 9.17) is 0 Å². The highest BCUT2D eigenvalue weighted by Gasteiger charge is 2.24. The molecule has 0 saturated heterocycles. The van der Waals surface area contributed by atoms with Gasteiger partial charge in [0, 0.05) is 13.0 Å². The summed E-state index contributed by atoms with van der Waals surface area (Å²) in [6, 6.07) is 8.39. The zero-order valence-corrected chi connectivity index (χ0v) is 12.4. The minimum Gasteiger partial charge on any atom is -0.391 e. The molecule has 1 aromatic carbocycles. The Morgan fingerprint density at radius 1 is 1.45 bits per heavy atom.